The van der Waals surface area contributed by atoms with E-state index in [2.05, 4.69) is 12.2 Å². The molecule has 8 nitrogen and oxygen atoms in total. The molecule has 5 rings (SSSR count). The molecule has 0 unspecified atom stereocenters. The summed E-state index contributed by atoms with van der Waals surface area (Å²) in [6.07, 6.45) is 2.24. The Hall–Kier alpha value is -3.55. The molecule has 0 saturated heterocycles. The molecule has 0 bridgehead atoms. The Bertz CT molecular complexity index is 1280. The molecule has 2 aromatic heterocycles. The Morgan fingerprint density at radius 3 is 2.53 bits per heavy atom. The van der Waals surface area contributed by atoms with Crippen LogP contribution in [0.15, 0.2) is 36.4 Å². The fraction of sp³-hybridized carbons (Fsp3) is 0.375. The molecule has 1 saturated carbocycles. The molecular weight excluding hydrogens is 406 g/mol. The number of benzene rings is 2. The van der Waals surface area contributed by atoms with Crippen LogP contribution in [0.3, 0.4) is 0 Å². The first-order chi connectivity index (χ1) is 15.6. The zero-order valence-electron chi connectivity index (χ0n) is 18.8. The molecule has 0 atom stereocenters. The Balaban J connectivity index is 1.58. The van der Waals surface area contributed by atoms with Gasteiger partial charge in [-0.15, -0.1) is 5.10 Å². The maximum absolute atomic E-state index is 5.58. The summed E-state index contributed by atoms with van der Waals surface area (Å²) in [4.78, 5) is 9.79. The average molecular weight is 434 g/mol. The van der Waals surface area contributed by atoms with Crippen molar-refractivity contribution in [1.82, 2.24) is 19.6 Å². The first kappa shape index (κ1) is 20.4. The van der Waals surface area contributed by atoms with Crippen molar-refractivity contribution in [3.63, 3.8) is 0 Å². The van der Waals surface area contributed by atoms with Crippen molar-refractivity contribution in [2.24, 2.45) is 5.92 Å². The Morgan fingerprint density at radius 2 is 1.81 bits per heavy atom. The summed E-state index contributed by atoms with van der Waals surface area (Å²) in [5.41, 5.74) is 2.52. The molecule has 1 aliphatic carbocycles. The highest BCUT2D eigenvalue weighted by Gasteiger charge is 2.31. The lowest BCUT2D eigenvalue weighted by atomic mass is 9.76. The normalized spacial score (nSPS) is 17.9. The second-order valence-electron chi connectivity index (χ2n) is 8.30. The second kappa shape index (κ2) is 8.18. The van der Waals surface area contributed by atoms with Gasteiger partial charge in [0.2, 0.25) is 5.95 Å². The van der Waals surface area contributed by atoms with Gasteiger partial charge in [0.05, 0.1) is 21.3 Å². The third-order valence-corrected chi connectivity index (χ3v) is 6.17. The van der Waals surface area contributed by atoms with Gasteiger partial charge >= 0.3 is 0 Å². The van der Waals surface area contributed by atoms with Crippen LogP contribution in [0, 0.1) is 5.92 Å². The van der Waals surface area contributed by atoms with Crippen molar-refractivity contribution < 1.29 is 14.2 Å². The summed E-state index contributed by atoms with van der Waals surface area (Å²) in [7, 11) is 4.95. The van der Waals surface area contributed by atoms with Crippen LogP contribution in [0.4, 0.5) is 5.95 Å². The van der Waals surface area contributed by atoms with Gasteiger partial charge in [-0.05, 0) is 43.0 Å². The minimum Gasteiger partial charge on any atom is -0.497 e. The lowest BCUT2D eigenvalue weighted by Gasteiger charge is -2.29. The second-order valence-corrected chi connectivity index (χ2v) is 8.30. The number of nitrogens with zero attached hydrogens (tertiary/aromatic N) is 4. The third kappa shape index (κ3) is 3.45. The average Bonchev–Trinajstić information content (AvgIpc) is 3.25. The molecule has 1 fully saturated rings. The number of anilines is 1. The van der Waals surface area contributed by atoms with Crippen LogP contribution in [0.1, 0.15) is 37.1 Å². The molecule has 0 spiro atoms. The summed E-state index contributed by atoms with van der Waals surface area (Å²) in [5.74, 6) is 4.82. The summed E-state index contributed by atoms with van der Waals surface area (Å²) < 4.78 is 18.2. The largest absolute Gasteiger partial charge is 0.497 e. The molecule has 2 aromatic carbocycles. The number of nitrogens with one attached hydrogen (secondary N) is 1. The number of hydrogen-bond acceptors (Lipinski definition) is 7. The van der Waals surface area contributed by atoms with E-state index in [0.717, 1.165) is 58.2 Å². The molecular formula is C24H27N5O3. The molecule has 4 aromatic rings. The monoisotopic (exact) mass is 433 g/mol. The summed E-state index contributed by atoms with van der Waals surface area (Å²) in [6.45, 7) is 2.77. The maximum atomic E-state index is 5.58. The van der Waals surface area contributed by atoms with E-state index in [9.17, 15) is 0 Å². The molecule has 32 heavy (non-hydrogen) atoms. The van der Waals surface area contributed by atoms with E-state index in [4.69, 9.17) is 29.3 Å². The van der Waals surface area contributed by atoms with Crippen molar-refractivity contribution in [3.05, 3.63) is 47.8 Å². The number of aromatic nitrogens is 4. The van der Waals surface area contributed by atoms with E-state index in [1.165, 1.54) is 0 Å². The van der Waals surface area contributed by atoms with Gasteiger partial charge in [-0.2, -0.15) is 4.52 Å². The number of fused-ring (bicyclic) bond motifs is 3. The molecule has 8 heteroatoms. The van der Waals surface area contributed by atoms with Gasteiger partial charge in [-0.25, -0.2) is 9.97 Å². The van der Waals surface area contributed by atoms with Crippen molar-refractivity contribution in [3.8, 4) is 17.2 Å². The quantitative estimate of drug-likeness (QED) is 0.462. The lowest BCUT2D eigenvalue weighted by molar-refractivity contribution is 0.278. The Labute approximate surface area is 186 Å². The van der Waals surface area contributed by atoms with E-state index in [1.54, 1.807) is 21.3 Å². The molecule has 0 radical (unpaired) electrons. The van der Waals surface area contributed by atoms with Crippen LogP contribution in [0.2, 0.25) is 0 Å². The smallest absolute Gasteiger partial charge is 0.226 e. The van der Waals surface area contributed by atoms with Crippen LogP contribution in [0.5, 0.6) is 17.2 Å². The minimum absolute atomic E-state index is 0.403. The summed E-state index contributed by atoms with van der Waals surface area (Å²) in [6, 6.07) is 11.6. The van der Waals surface area contributed by atoms with Crippen LogP contribution in [0.25, 0.3) is 16.6 Å². The van der Waals surface area contributed by atoms with Gasteiger partial charge in [0.25, 0.3) is 0 Å². The standard InChI is InChI=1S/C24H27N5O3/c1-14-10-16(11-14)22-27-23-18-6-5-7-19(31-3)21(18)26-24(29(23)28-22)25-13-15-8-9-17(30-2)12-20(15)32-4/h5-9,12,14,16H,10-11,13H2,1-4H3,(H,25,26). The highest BCUT2D eigenvalue weighted by atomic mass is 16.5. The number of methoxy groups -OCH3 is 3. The summed E-state index contributed by atoms with van der Waals surface area (Å²) in [5, 5.41) is 9.19. The van der Waals surface area contributed by atoms with Crippen LogP contribution in [-0.2, 0) is 6.54 Å². The number of para-hydroxylation sites is 1. The molecule has 166 valence electrons. The first-order valence-electron chi connectivity index (χ1n) is 10.8. The Kier molecular flexibility index (Phi) is 5.20. The van der Waals surface area contributed by atoms with E-state index in [0.29, 0.717) is 24.2 Å². The number of ether oxygens (including phenoxy) is 3. The van der Waals surface area contributed by atoms with Crippen LogP contribution in [-0.4, -0.2) is 40.9 Å². The van der Waals surface area contributed by atoms with Gasteiger partial charge in [0.1, 0.15) is 22.8 Å². The lowest BCUT2D eigenvalue weighted by Crippen LogP contribution is -2.20. The third-order valence-electron chi connectivity index (χ3n) is 6.17. The molecule has 2 heterocycles. The van der Waals surface area contributed by atoms with Crippen molar-refractivity contribution in [1.29, 1.82) is 0 Å². The zero-order valence-corrected chi connectivity index (χ0v) is 18.8. The van der Waals surface area contributed by atoms with Gasteiger partial charge < -0.3 is 19.5 Å². The van der Waals surface area contributed by atoms with Crippen molar-refractivity contribution in [2.45, 2.75) is 32.2 Å². The molecule has 1 N–H and O–H groups in total. The van der Waals surface area contributed by atoms with Crippen LogP contribution < -0.4 is 19.5 Å². The van der Waals surface area contributed by atoms with Gasteiger partial charge in [-0.3, -0.25) is 0 Å². The van der Waals surface area contributed by atoms with E-state index in [1.807, 2.05) is 40.9 Å². The fourth-order valence-corrected chi connectivity index (χ4v) is 4.36. The van der Waals surface area contributed by atoms with Gasteiger partial charge in [0, 0.05) is 29.5 Å². The summed E-state index contributed by atoms with van der Waals surface area (Å²) >= 11 is 0. The van der Waals surface area contributed by atoms with E-state index in [-0.39, 0.29) is 0 Å². The molecule has 1 aliphatic rings. The number of hydrogen-bond donors (Lipinski definition) is 1. The van der Waals surface area contributed by atoms with Crippen molar-refractivity contribution >= 4 is 22.5 Å². The SMILES string of the molecule is COc1ccc(CNc2nc3c(OC)cccc3c3nc(C4CC(C)C4)nn23)c(OC)c1. The van der Waals surface area contributed by atoms with E-state index < -0.39 is 0 Å². The van der Waals surface area contributed by atoms with Crippen LogP contribution >= 0.6 is 0 Å². The molecule has 0 amide bonds. The zero-order chi connectivity index (χ0) is 22.2. The highest BCUT2D eigenvalue weighted by molar-refractivity contribution is 5.96. The Morgan fingerprint density at radius 1 is 1.00 bits per heavy atom. The predicted molar refractivity (Wildman–Crippen MR) is 123 cm³/mol. The minimum atomic E-state index is 0.403. The van der Waals surface area contributed by atoms with Gasteiger partial charge in [-0.1, -0.05) is 13.0 Å². The van der Waals surface area contributed by atoms with Crippen molar-refractivity contribution in [2.75, 3.05) is 26.6 Å². The topological polar surface area (TPSA) is 82.8 Å². The number of rotatable bonds is 7. The van der Waals surface area contributed by atoms with E-state index >= 15 is 0 Å². The maximum Gasteiger partial charge on any atom is 0.226 e. The highest BCUT2D eigenvalue weighted by Crippen LogP contribution is 2.40. The first-order valence-corrected chi connectivity index (χ1v) is 10.8. The van der Waals surface area contributed by atoms with Gasteiger partial charge in [0.15, 0.2) is 11.5 Å². The predicted octanol–water partition coefficient (Wildman–Crippen LogP) is 4.43. The molecule has 0 aliphatic heterocycles. The fourth-order valence-electron chi connectivity index (χ4n) is 4.36.